The summed E-state index contributed by atoms with van der Waals surface area (Å²) in [4.78, 5) is 3.98. The number of hydrogen-bond donors (Lipinski definition) is 3. The molecular weight excluding hydrogens is 292 g/mol. The number of aromatic hydroxyl groups is 1. The van der Waals surface area contributed by atoms with Crippen molar-refractivity contribution in [3.63, 3.8) is 0 Å². The Balaban J connectivity index is 1.82. The molecule has 114 valence electrons. The van der Waals surface area contributed by atoms with Gasteiger partial charge in [0.25, 0.3) is 0 Å². The van der Waals surface area contributed by atoms with Crippen LogP contribution in [0.5, 0.6) is 5.75 Å². The zero-order valence-corrected chi connectivity index (χ0v) is 12.3. The third kappa shape index (κ3) is 4.20. The highest BCUT2D eigenvalue weighted by atomic mass is 32.2. The standard InChI is InChI=1S/C13H18N4O3S/c14-12-9-11(3-4-13(12)18)21(19,20)16-5-1-2-7-17-8-6-15-10-17/h3-4,6,8-10,16,18H,1-2,5,7,14H2. The first kappa shape index (κ1) is 15.3. The maximum absolute atomic E-state index is 12.0. The third-order valence-corrected chi connectivity index (χ3v) is 4.46. The summed E-state index contributed by atoms with van der Waals surface area (Å²) in [5, 5.41) is 9.30. The Morgan fingerprint density at radius 2 is 2.14 bits per heavy atom. The van der Waals surface area contributed by atoms with Crippen LogP contribution in [0, 0.1) is 0 Å². The minimum Gasteiger partial charge on any atom is -0.506 e. The van der Waals surface area contributed by atoms with E-state index in [-0.39, 0.29) is 16.3 Å². The van der Waals surface area contributed by atoms with Gasteiger partial charge in [0.15, 0.2) is 0 Å². The first-order valence-corrected chi connectivity index (χ1v) is 8.01. The number of nitrogens with one attached hydrogen (secondary N) is 1. The Labute approximate surface area is 123 Å². The number of nitrogens with two attached hydrogens (primary N) is 1. The van der Waals surface area contributed by atoms with Gasteiger partial charge in [0, 0.05) is 25.5 Å². The zero-order chi connectivity index (χ0) is 15.3. The Morgan fingerprint density at radius 1 is 1.33 bits per heavy atom. The van der Waals surface area contributed by atoms with E-state index < -0.39 is 10.0 Å². The number of phenols is 1. The van der Waals surface area contributed by atoms with Gasteiger partial charge in [-0.3, -0.25) is 0 Å². The van der Waals surface area contributed by atoms with Crippen LogP contribution >= 0.6 is 0 Å². The Kier molecular flexibility index (Phi) is 4.81. The molecular formula is C13H18N4O3S. The highest BCUT2D eigenvalue weighted by Crippen LogP contribution is 2.22. The van der Waals surface area contributed by atoms with E-state index in [4.69, 9.17) is 5.73 Å². The predicted octanol–water partition coefficient (Wildman–Crippen LogP) is 0.930. The van der Waals surface area contributed by atoms with Gasteiger partial charge in [-0.05, 0) is 31.0 Å². The van der Waals surface area contributed by atoms with Crippen LogP contribution in [-0.4, -0.2) is 29.6 Å². The quantitative estimate of drug-likeness (QED) is 0.400. The molecule has 0 bridgehead atoms. The van der Waals surface area contributed by atoms with Crippen molar-refractivity contribution < 1.29 is 13.5 Å². The molecule has 0 unspecified atom stereocenters. The van der Waals surface area contributed by atoms with Crippen LogP contribution in [0.2, 0.25) is 0 Å². The van der Waals surface area contributed by atoms with Crippen LogP contribution in [0.25, 0.3) is 0 Å². The monoisotopic (exact) mass is 310 g/mol. The predicted molar refractivity (Wildman–Crippen MR) is 79.2 cm³/mol. The summed E-state index contributed by atoms with van der Waals surface area (Å²) in [6.07, 6.45) is 6.85. The van der Waals surface area contributed by atoms with Gasteiger partial charge in [0.05, 0.1) is 16.9 Å². The molecule has 1 aromatic carbocycles. The number of sulfonamides is 1. The fourth-order valence-corrected chi connectivity index (χ4v) is 2.94. The number of nitrogen functional groups attached to an aromatic ring is 1. The van der Waals surface area contributed by atoms with Gasteiger partial charge in [-0.25, -0.2) is 18.1 Å². The number of aromatic nitrogens is 2. The van der Waals surface area contributed by atoms with Crippen molar-refractivity contribution in [3.8, 4) is 5.75 Å². The fraction of sp³-hybridized carbons (Fsp3) is 0.308. The minimum atomic E-state index is -3.59. The Bertz CT molecular complexity index is 683. The second-order valence-corrected chi connectivity index (χ2v) is 6.39. The second-order valence-electron chi connectivity index (χ2n) is 4.63. The van der Waals surface area contributed by atoms with Crippen molar-refractivity contribution in [3.05, 3.63) is 36.9 Å². The molecule has 0 spiro atoms. The summed E-state index contributed by atoms with van der Waals surface area (Å²) in [6, 6.07) is 3.83. The molecule has 1 heterocycles. The molecule has 0 amide bonds. The maximum atomic E-state index is 12.0. The number of nitrogens with zero attached hydrogens (tertiary/aromatic N) is 2. The molecule has 8 heteroatoms. The van der Waals surface area contributed by atoms with E-state index in [2.05, 4.69) is 9.71 Å². The molecule has 2 rings (SSSR count). The van der Waals surface area contributed by atoms with E-state index >= 15 is 0 Å². The van der Waals surface area contributed by atoms with Crippen molar-refractivity contribution in [2.75, 3.05) is 12.3 Å². The number of unbranched alkanes of at least 4 members (excludes halogenated alkanes) is 1. The first-order valence-electron chi connectivity index (χ1n) is 6.53. The molecule has 0 aliphatic rings. The number of benzene rings is 1. The highest BCUT2D eigenvalue weighted by molar-refractivity contribution is 7.89. The number of imidazole rings is 1. The van der Waals surface area contributed by atoms with E-state index in [1.54, 1.807) is 12.5 Å². The molecule has 2 aromatic rings. The van der Waals surface area contributed by atoms with Crippen molar-refractivity contribution in [1.82, 2.24) is 14.3 Å². The lowest BCUT2D eigenvalue weighted by molar-refractivity contribution is 0.477. The third-order valence-electron chi connectivity index (χ3n) is 3.00. The summed E-state index contributed by atoms with van der Waals surface area (Å²) < 4.78 is 28.5. The number of hydrogen-bond acceptors (Lipinski definition) is 5. The summed E-state index contributed by atoms with van der Waals surface area (Å²) in [7, 11) is -3.59. The van der Waals surface area contributed by atoms with Crippen molar-refractivity contribution in [2.24, 2.45) is 0 Å². The summed E-state index contributed by atoms with van der Waals surface area (Å²) in [5.41, 5.74) is 5.54. The Hall–Kier alpha value is -2.06. The molecule has 0 aliphatic heterocycles. The zero-order valence-electron chi connectivity index (χ0n) is 11.4. The van der Waals surface area contributed by atoms with Gasteiger partial charge >= 0.3 is 0 Å². The number of anilines is 1. The molecule has 21 heavy (non-hydrogen) atoms. The van der Waals surface area contributed by atoms with E-state index in [9.17, 15) is 13.5 Å². The largest absolute Gasteiger partial charge is 0.506 e. The van der Waals surface area contributed by atoms with E-state index in [0.29, 0.717) is 13.0 Å². The number of aryl methyl sites for hydroxylation is 1. The van der Waals surface area contributed by atoms with Gasteiger partial charge in [-0.2, -0.15) is 0 Å². The van der Waals surface area contributed by atoms with Crippen LogP contribution in [0.15, 0.2) is 41.8 Å². The van der Waals surface area contributed by atoms with Gasteiger partial charge in [0.1, 0.15) is 5.75 Å². The normalized spacial score (nSPS) is 11.6. The first-order chi connectivity index (χ1) is 9.99. The molecule has 7 nitrogen and oxygen atoms in total. The van der Waals surface area contributed by atoms with Gasteiger partial charge in [-0.15, -0.1) is 0 Å². The van der Waals surface area contributed by atoms with E-state index in [0.717, 1.165) is 13.0 Å². The fourth-order valence-electron chi connectivity index (χ4n) is 1.83. The van der Waals surface area contributed by atoms with Crippen LogP contribution < -0.4 is 10.5 Å². The average molecular weight is 310 g/mol. The molecule has 0 radical (unpaired) electrons. The van der Waals surface area contributed by atoms with E-state index in [1.807, 2.05) is 10.8 Å². The van der Waals surface area contributed by atoms with Gasteiger partial charge < -0.3 is 15.4 Å². The van der Waals surface area contributed by atoms with E-state index in [1.165, 1.54) is 18.2 Å². The highest BCUT2D eigenvalue weighted by Gasteiger charge is 2.14. The molecule has 0 saturated carbocycles. The molecule has 0 fully saturated rings. The minimum absolute atomic E-state index is 0.0398. The lowest BCUT2D eigenvalue weighted by Crippen LogP contribution is -2.25. The van der Waals surface area contributed by atoms with Crippen molar-refractivity contribution in [1.29, 1.82) is 0 Å². The molecule has 0 atom stereocenters. The summed E-state index contributed by atoms with van der Waals surface area (Å²) in [5.74, 6) is -0.130. The van der Waals surface area contributed by atoms with Crippen LogP contribution in [0.4, 0.5) is 5.69 Å². The summed E-state index contributed by atoms with van der Waals surface area (Å²) in [6.45, 7) is 1.14. The number of phenolic OH excluding ortho intramolecular Hbond substituents is 1. The molecule has 4 N–H and O–H groups in total. The van der Waals surface area contributed by atoms with Crippen molar-refractivity contribution in [2.45, 2.75) is 24.3 Å². The lowest BCUT2D eigenvalue weighted by atomic mass is 10.3. The van der Waals surface area contributed by atoms with Gasteiger partial charge in [0.2, 0.25) is 10.0 Å². The van der Waals surface area contributed by atoms with Gasteiger partial charge in [-0.1, -0.05) is 0 Å². The topological polar surface area (TPSA) is 110 Å². The number of rotatable bonds is 7. The SMILES string of the molecule is Nc1cc(S(=O)(=O)NCCCCn2ccnc2)ccc1O. The second kappa shape index (κ2) is 6.59. The van der Waals surface area contributed by atoms with Crippen molar-refractivity contribution >= 4 is 15.7 Å². The van der Waals surface area contributed by atoms with Crippen LogP contribution in [0.1, 0.15) is 12.8 Å². The lowest BCUT2D eigenvalue weighted by Gasteiger charge is -2.08. The Morgan fingerprint density at radius 3 is 2.81 bits per heavy atom. The molecule has 0 aliphatic carbocycles. The van der Waals surface area contributed by atoms with Crippen LogP contribution in [0.3, 0.4) is 0 Å². The molecule has 0 saturated heterocycles. The van der Waals surface area contributed by atoms with Crippen LogP contribution in [-0.2, 0) is 16.6 Å². The summed E-state index contributed by atoms with van der Waals surface area (Å²) >= 11 is 0. The average Bonchev–Trinajstić information content (AvgIpc) is 2.94. The smallest absolute Gasteiger partial charge is 0.240 e. The molecule has 1 aromatic heterocycles. The maximum Gasteiger partial charge on any atom is 0.240 e.